The molecule has 0 N–H and O–H groups in total. The molecule has 0 unspecified atom stereocenters. The molecule has 2 heteroatoms. The molecule has 0 aliphatic carbocycles. The molecule has 0 saturated carbocycles. The van der Waals surface area contributed by atoms with E-state index in [9.17, 15) is 4.39 Å². The first-order valence-electron chi connectivity index (χ1n) is 4.90. The second kappa shape index (κ2) is 4.27. The first kappa shape index (κ1) is 10.8. The van der Waals surface area contributed by atoms with Gasteiger partial charge in [0.05, 0.1) is 5.52 Å². The van der Waals surface area contributed by atoms with Gasteiger partial charge in [0, 0.05) is 18.6 Å². The van der Waals surface area contributed by atoms with E-state index in [1.165, 1.54) is 6.07 Å². The summed E-state index contributed by atoms with van der Waals surface area (Å²) >= 11 is 0. The van der Waals surface area contributed by atoms with Crippen molar-refractivity contribution < 1.29 is 4.39 Å². The van der Waals surface area contributed by atoms with Gasteiger partial charge in [-0.05, 0) is 24.6 Å². The van der Waals surface area contributed by atoms with Gasteiger partial charge in [0.15, 0.2) is 0 Å². The lowest BCUT2D eigenvalue weighted by molar-refractivity contribution is 0.639. The van der Waals surface area contributed by atoms with Crippen LogP contribution in [-0.2, 0) is 7.05 Å². The Labute approximate surface area is 84.2 Å². The minimum atomic E-state index is -0.134. The molecule has 0 radical (unpaired) electrons. The van der Waals surface area contributed by atoms with Crippen LogP contribution in [0.4, 0.5) is 4.39 Å². The lowest BCUT2D eigenvalue weighted by atomic mass is 10.2. The Balaban J connectivity index is 0.000000461. The average Bonchev–Trinajstić information content (AvgIpc) is 2.47. The smallest absolute Gasteiger partial charge is 0.132 e. The van der Waals surface area contributed by atoms with Gasteiger partial charge in [0.2, 0.25) is 0 Å². The van der Waals surface area contributed by atoms with Crippen LogP contribution in [0.1, 0.15) is 19.4 Å². The van der Waals surface area contributed by atoms with E-state index in [1.807, 2.05) is 44.6 Å². The lowest BCUT2D eigenvalue weighted by Crippen LogP contribution is -1.83. The molecule has 2 rings (SSSR count). The average molecular weight is 193 g/mol. The third-order valence-electron chi connectivity index (χ3n) is 2.15. The van der Waals surface area contributed by atoms with Crippen LogP contribution in [0.25, 0.3) is 10.9 Å². The fraction of sp³-hybridized carbons (Fsp3) is 0.333. The van der Waals surface area contributed by atoms with Gasteiger partial charge < -0.3 is 4.57 Å². The molecule has 1 aromatic heterocycles. The van der Waals surface area contributed by atoms with Crippen molar-refractivity contribution in [3.63, 3.8) is 0 Å². The van der Waals surface area contributed by atoms with Crippen LogP contribution in [-0.4, -0.2) is 4.57 Å². The van der Waals surface area contributed by atoms with Crippen LogP contribution in [0.15, 0.2) is 24.4 Å². The van der Waals surface area contributed by atoms with E-state index in [1.54, 1.807) is 6.07 Å². The Kier molecular flexibility index (Phi) is 3.28. The minimum absolute atomic E-state index is 0.134. The highest BCUT2D eigenvalue weighted by atomic mass is 19.1. The molecule has 0 spiro atoms. The van der Waals surface area contributed by atoms with Gasteiger partial charge in [-0.3, -0.25) is 0 Å². The van der Waals surface area contributed by atoms with Gasteiger partial charge in [-0.25, -0.2) is 4.39 Å². The molecule has 0 atom stereocenters. The van der Waals surface area contributed by atoms with E-state index in [0.717, 1.165) is 16.5 Å². The molecule has 0 fully saturated rings. The maximum absolute atomic E-state index is 13.2. The van der Waals surface area contributed by atoms with Crippen molar-refractivity contribution in [2.24, 2.45) is 7.05 Å². The zero-order valence-corrected chi connectivity index (χ0v) is 9.13. The molecular formula is C12H16FN. The summed E-state index contributed by atoms with van der Waals surface area (Å²) in [6.07, 6.45) is 1.94. The summed E-state index contributed by atoms with van der Waals surface area (Å²) < 4.78 is 15.2. The van der Waals surface area contributed by atoms with Crippen molar-refractivity contribution in [3.05, 3.63) is 35.8 Å². The molecule has 1 heterocycles. The summed E-state index contributed by atoms with van der Waals surface area (Å²) in [5.41, 5.74) is 1.94. The zero-order chi connectivity index (χ0) is 10.7. The molecule has 1 aromatic carbocycles. The highest BCUT2D eigenvalue weighted by molar-refractivity contribution is 5.84. The SMILES string of the molecule is CC.Cc1cn(C)c2cccc(F)c12. The zero-order valence-electron chi connectivity index (χ0n) is 9.13. The minimum Gasteiger partial charge on any atom is -0.350 e. The van der Waals surface area contributed by atoms with Gasteiger partial charge in [-0.1, -0.05) is 19.9 Å². The molecule has 1 nitrogen and oxygen atoms in total. The summed E-state index contributed by atoms with van der Waals surface area (Å²) in [5, 5.41) is 0.736. The van der Waals surface area contributed by atoms with E-state index < -0.39 is 0 Å². The molecule has 0 aliphatic rings. The standard InChI is InChI=1S/C10H10FN.C2H6/c1-7-6-12(2)9-5-3-4-8(11)10(7)9;1-2/h3-6H,1-2H3;1-2H3. The fourth-order valence-electron chi connectivity index (χ4n) is 1.62. The van der Waals surface area contributed by atoms with Crippen LogP contribution in [0.3, 0.4) is 0 Å². The molecule has 2 aromatic rings. The third kappa shape index (κ3) is 1.65. The number of rotatable bonds is 0. The van der Waals surface area contributed by atoms with Gasteiger partial charge in [-0.2, -0.15) is 0 Å². The van der Waals surface area contributed by atoms with Crippen molar-refractivity contribution >= 4 is 10.9 Å². The Bertz CT molecular complexity index is 429. The van der Waals surface area contributed by atoms with Crippen LogP contribution in [0, 0.1) is 12.7 Å². The quantitative estimate of drug-likeness (QED) is 0.602. The molecule has 0 aliphatic heterocycles. The maximum Gasteiger partial charge on any atom is 0.132 e. The van der Waals surface area contributed by atoms with Crippen molar-refractivity contribution in [1.29, 1.82) is 0 Å². The first-order valence-corrected chi connectivity index (χ1v) is 4.90. The highest BCUT2D eigenvalue weighted by Gasteiger charge is 2.06. The van der Waals surface area contributed by atoms with Crippen molar-refractivity contribution in [1.82, 2.24) is 4.57 Å². The second-order valence-electron chi connectivity index (χ2n) is 3.06. The van der Waals surface area contributed by atoms with Crippen molar-refractivity contribution in [2.75, 3.05) is 0 Å². The number of hydrogen-bond acceptors (Lipinski definition) is 0. The highest BCUT2D eigenvalue weighted by Crippen LogP contribution is 2.22. The number of benzene rings is 1. The predicted molar refractivity (Wildman–Crippen MR) is 59.0 cm³/mol. The Morgan fingerprint density at radius 2 is 1.86 bits per heavy atom. The van der Waals surface area contributed by atoms with E-state index in [2.05, 4.69) is 0 Å². The summed E-state index contributed by atoms with van der Waals surface area (Å²) in [5.74, 6) is -0.134. The summed E-state index contributed by atoms with van der Waals surface area (Å²) in [6, 6.07) is 5.15. The Morgan fingerprint density at radius 1 is 1.21 bits per heavy atom. The molecule has 76 valence electrons. The molecule has 14 heavy (non-hydrogen) atoms. The number of aryl methyl sites for hydroxylation is 2. The Hall–Kier alpha value is -1.31. The van der Waals surface area contributed by atoms with Crippen LogP contribution >= 0.6 is 0 Å². The monoisotopic (exact) mass is 193 g/mol. The fourth-order valence-corrected chi connectivity index (χ4v) is 1.62. The third-order valence-corrected chi connectivity index (χ3v) is 2.15. The Morgan fingerprint density at radius 3 is 2.43 bits per heavy atom. The van der Waals surface area contributed by atoms with Crippen LogP contribution in [0.2, 0.25) is 0 Å². The number of fused-ring (bicyclic) bond motifs is 1. The van der Waals surface area contributed by atoms with Gasteiger partial charge in [0.1, 0.15) is 5.82 Å². The first-order chi connectivity index (χ1) is 6.70. The van der Waals surface area contributed by atoms with Gasteiger partial charge in [0.25, 0.3) is 0 Å². The summed E-state index contributed by atoms with van der Waals surface area (Å²) in [4.78, 5) is 0. The number of aromatic nitrogens is 1. The second-order valence-corrected chi connectivity index (χ2v) is 3.06. The van der Waals surface area contributed by atoms with E-state index in [0.29, 0.717) is 0 Å². The van der Waals surface area contributed by atoms with Crippen molar-refractivity contribution in [3.8, 4) is 0 Å². The number of nitrogens with zero attached hydrogens (tertiary/aromatic N) is 1. The van der Waals surface area contributed by atoms with Crippen LogP contribution in [0.5, 0.6) is 0 Å². The van der Waals surface area contributed by atoms with E-state index >= 15 is 0 Å². The topological polar surface area (TPSA) is 4.93 Å². The molecular weight excluding hydrogens is 177 g/mol. The largest absolute Gasteiger partial charge is 0.350 e. The number of halogens is 1. The maximum atomic E-state index is 13.2. The number of hydrogen-bond donors (Lipinski definition) is 0. The molecule has 0 bridgehead atoms. The predicted octanol–water partition coefficient (Wildman–Crippen LogP) is 3.65. The summed E-state index contributed by atoms with van der Waals surface area (Å²) in [6.45, 7) is 5.92. The summed E-state index contributed by atoms with van der Waals surface area (Å²) in [7, 11) is 1.93. The van der Waals surface area contributed by atoms with E-state index in [-0.39, 0.29) is 5.82 Å². The molecule has 0 amide bonds. The van der Waals surface area contributed by atoms with Crippen molar-refractivity contribution in [2.45, 2.75) is 20.8 Å². The normalized spacial score (nSPS) is 9.79. The van der Waals surface area contributed by atoms with Gasteiger partial charge >= 0.3 is 0 Å². The molecule has 0 saturated heterocycles. The van der Waals surface area contributed by atoms with E-state index in [4.69, 9.17) is 0 Å². The van der Waals surface area contributed by atoms with Gasteiger partial charge in [-0.15, -0.1) is 0 Å². The van der Waals surface area contributed by atoms with Crippen LogP contribution < -0.4 is 0 Å². The lowest BCUT2D eigenvalue weighted by Gasteiger charge is -1.95.